The number of esters is 1. The maximum absolute atomic E-state index is 12.0. The maximum atomic E-state index is 12.0. The highest BCUT2D eigenvalue weighted by molar-refractivity contribution is 9.10. The zero-order valence-electron chi connectivity index (χ0n) is 14.3. The number of hydrogen-bond donors (Lipinski definition) is 0. The lowest BCUT2D eigenvalue weighted by atomic mass is 10.1. The molecule has 0 N–H and O–H groups in total. The van der Waals surface area contributed by atoms with Crippen molar-refractivity contribution in [1.82, 2.24) is 0 Å². The molecule has 0 aliphatic rings. The van der Waals surface area contributed by atoms with Crippen LogP contribution in [0.15, 0.2) is 45.8 Å². The van der Waals surface area contributed by atoms with E-state index in [1.54, 1.807) is 31.4 Å². The van der Waals surface area contributed by atoms with Crippen LogP contribution >= 0.6 is 27.7 Å². The van der Waals surface area contributed by atoms with E-state index in [9.17, 15) is 9.59 Å². The van der Waals surface area contributed by atoms with Gasteiger partial charge >= 0.3 is 5.97 Å². The Balaban J connectivity index is 1.84. The first-order valence-corrected chi connectivity index (χ1v) is 9.41. The second kappa shape index (κ2) is 9.06. The summed E-state index contributed by atoms with van der Waals surface area (Å²) >= 11 is 4.89. The van der Waals surface area contributed by atoms with Crippen LogP contribution in [0.3, 0.4) is 0 Å². The molecule has 132 valence electrons. The summed E-state index contributed by atoms with van der Waals surface area (Å²) in [4.78, 5) is 24.9. The van der Waals surface area contributed by atoms with Gasteiger partial charge in [-0.3, -0.25) is 9.59 Å². The maximum Gasteiger partial charge on any atom is 0.316 e. The highest BCUT2D eigenvalue weighted by Gasteiger charge is 2.12. The van der Waals surface area contributed by atoms with Crippen molar-refractivity contribution in [3.8, 4) is 5.75 Å². The van der Waals surface area contributed by atoms with Gasteiger partial charge in [0.2, 0.25) is 0 Å². The molecular formula is C19H19BrO4S. The minimum Gasteiger partial charge on any atom is -0.497 e. The normalized spacial score (nSPS) is 10.4. The topological polar surface area (TPSA) is 52.6 Å². The van der Waals surface area contributed by atoms with E-state index in [1.807, 2.05) is 26.0 Å². The van der Waals surface area contributed by atoms with E-state index in [0.29, 0.717) is 11.3 Å². The van der Waals surface area contributed by atoms with E-state index in [1.165, 1.54) is 11.8 Å². The molecule has 6 heteroatoms. The molecule has 0 saturated carbocycles. The fourth-order valence-corrected chi connectivity index (χ4v) is 3.46. The molecule has 4 nitrogen and oxygen atoms in total. The van der Waals surface area contributed by atoms with E-state index in [4.69, 9.17) is 9.47 Å². The van der Waals surface area contributed by atoms with Crippen LogP contribution < -0.4 is 4.74 Å². The Bertz CT molecular complexity index is 772. The minimum absolute atomic E-state index is 0.164. The van der Waals surface area contributed by atoms with Gasteiger partial charge in [-0.15, -0.1) is 11.8 Å². The summed E-state index contributed by atoms with van der Waals surface area (Å²) in [5.74, 6) is 0.186. The van der Waals surface area contributed by atoms with Gasteiger partial charge in [0.15, 0.2) is 12.4 Å². The lowest BCUT2D eigenvalue weighted by molar-refractivity contribution is -0.139. The molecule has 0 atom stereocenters. The molecule has 0 aliphatic heterocycles. The summed E-state index contributed by atoms with van der Waals surface area (Å²) in [7, 11) is 1.56. The van der Waals surface area contributed by atoms with Crippen LogP contribution in [0.5, 0.6) is 5.75 Å². The zero-order valence-corrected chi connectivity index (χ0v) is 16.7. The van der Waals surface area contributed by atoms with Gasteiger partial charge in [0, 0.05) is 14.9 Å². The Morgan fingerprint density at radius 1 is 1.08 bits per heavy atom. The predicted molar refractivity (Wildman–Crippen MR) is 103 cm³/mol. The second-order valence-corrected chi connectivity index (χ2v) is 7.34. The molecule has 0 saturated heterocycles. The monoisotopic (exact) mass is 422 g/mol. The van der Waals surface area contributed by atoms with Crippen LogP contribution in [0.2, 0.25) is 0 Å². The van der Waals surface area contributed by atoms with E-state index in [0.717, 1.165) is 20.5 Å². The predicted octanol–water partition coefficient (Wildman–Crippen LogP) is 4.59. The van der Waals surface area contributed by atoms with Gasteiger partial charge in [-0.2, -0.15) is 0 Å². The van der Waals surface area contributed by atoms with Crippen molar-refractivity contribution in [2.24, 2.45) is 0 Å². The Hall–Kier alpha value is -1.79. The van der Waals surface area contributed by atoms with Crippen molar-refractivity contribution in [2.45, 2.75) is 18.7 Å². The van der Waals surface area contributed by atoms with Crippen molar-refractivity contribution in [3.05, 3.63) is 57.6 Å². The first kappa shape index (κ1) is 19.5. The van der Waals surface area contributed by atoms with Gasteiger partial charge in [0.1, 0.15) is 5.75 Å². The number of hydrogen-bond acceptors (Lipinski definition) is 5. The molecule has 0 bridgehead atoms. The van der Waals surface area contributed by atoms with Gasteiger partial charge in [-0.1, -0.05) is 15.9 Å². The molecule has 0 amide bonds. The minimum atomic E-state index is -0.410. The number of methoxy groups -OCH3 is 1. The van der Waals surface area contributed by atoms with Gasteiger partial charge in [0.25, 0.3) is 0 Å². The molecule has 0 aromatic heterocycles. The van der Waals surface area contributed by atoms with Crippen molar-refractivity contribution >= 4 is 39.4 Å². The smallest absolute Gasteiger partial charge is 0.316 e. The Kier molecular flexibility index (Phi) is 7.08. The van der Waals surface area contributed by atoms with Gasteiger partial charge < -0.3 is 9.47 Å². The average Bonchev–Trinajstić information content (AvgIpc) is 2.61. The number of ether oxygens (including phenoxy) is 2. The molecule has 0 fully saturated rings. The molecular weight excluding hydrogens is 404 g/mol. The molecule has 0 unspecified atom stereocenters. The standard InChI is InChI=1S/C19H19BrO4S/c1-12-9-18(13(2)8-16(12)20)25-11-19(22)24-10-17(21)14-4-6-15(23-3)7-5-14/h4-9H,10-11H2,1-3H3. The van der Waals surface area contributed by atoms with Crippen molar-refractivity contribution in [3.63, 3.8) is 0 Å². The summed E-state index contributed by atoms with van der Waals surface area (Å²) in [6.07, 6.45) is 0. The first-order valence-electron chi connectivity index (χ1n) is 7.63. The van der Waals surface area contributed by atoms with Crippen molar-refractivity contribution in [1.29, 1.82) is 0 Å². The van der Waals surface area contributed by atoms with Crippen molar-refractivity contribution in [2.75, 3.05) is 19.5 Å². The van der Waals surface area contributed by atoms with Crippen LogP contribution in [-0.2, 0) is 9.53 Å². The van der Waals surface area contributed by atoms with Crippen LogP contribution in [0.4, 0.5) is 0 Å². The highest BCUT2D eigenvalue weighted by Crippen LogP contribution is 2.28. The number of benzene rings is 2. The van der Waals surface area contributed by atoms with Crippen LogP contribution in [0.1, 0.15) is 21.5 Å². The Morgan fingerprint density at radius 2 is 1.76 bits per heavy atom. The molecule has 0 spiro atoms. The quantitative estimate of drug-likeness (QED) is 0.370. The number of thioether (sulfide) groups is 1. The van der Waals surface area contributed by atoms with Crippen LogP contribution in [-0.4, -0.2) is 31.2 Å². The molecule has 2 aromatic carbocycles. The molecule has 0 heterocycles. The Morgan fingerprint density at radius 3 is 2.40 bits per heavy atom. The lowest BCUT2D eigenvalue weighted by Gasteiger charge is -2.09. The SMILES string of the molecule is COc1ccc(C(=O)COC(=O)CSc2cc(C)c(Br)cc2C)cc1. The summed E-state index contributed by atoms with van der Waals surface area (Å²) in [6, 6.07) is 10.7. The van der Waals surface area contributed by atoms with Gasteiger partial charge in [0.05, 0.1) is 12.9 Å². The molecule has 2 aromatic rings. The fourth-order valence-electron chi connectivity index (χ4n) is 2.09. The van der Waals surface area contributed by atoms with E-state index >= 15 is 0 Å². The number of ketones is 1. The molecule has 25 heavy (non-hydrogen) atoms. The third-order valence-electron chi connectivity index (χ3n) is 3.58. The number of carbonyl (C=O) groups is 2. The number of Topliss-reactive ketones (excluding diaryl/α,β-unsaturated/α-hetero) is 1. The largest absolute Gasteiger partial charge is 0.497 e. The number of carbonyl (C=O) groups excluding carboxylic acids is 2. The third kappa shape index (κ3) is 5.61. The second-order valence-electron chi connectivity index (χ2n) is 5.47. The van der Waals surface area contributed by atoms with E-state index < -0.39 is 5.97 Å². The summed E-state index contributed by atoms with van der Waals surface area (Å²) in [5.41, 5.74) is 2.68. The number of rotatable bonds is 7. The van der Waals surface area contributed by atoms with Gasteiger partial charge in [-0.05, 0) is 61.4 Å². The first-order chi connectivity index (χ1) is 11.9. The summed E-state index contributed by atoms with van der Waals surface area (Å²) in [5, 5.41) is 0. The molecule has 2 rings (SSSR count). The van der Waals surface area contributed by atoms with E-state index in [-0.39, 0.29) is 18.1 Å². The average molecular weight is 423 g/mol. The lowest BCUT2D eigenvalue weighted by Crippen LogP contribution is -2.15. The third-order valence-corrected chi connectivity index (χ3v) is 5.56. The van der Waals surface area contributed by atoms with E-state index in [2.05, 4.69) is 15.9 Å². The zero-order chi connectivity index (χ0) is 18.4. The summed E-state index contributed by atoms with van der Waals surface area (Å²) in [6.45, 7) is 3.73. The number of halogens is 1. The van der Waals surface area contributed by atoms with Crippen molar-refractivity contribution < 1.29 is 19.1 Å². The van der Waals surface area contributed by atoms with Gasteiger partial charge in [-0.25, -0.2) is 0 Å². The van der Waals surface area contributed by atoms with Crippen LogP contribution in [0, 0.1) is 13.8 Å². The summed E-state index contributed by atoms with van der Waals surface area (Å²) < 4.78 is 11.2. The number of aryl methyl sites for hydroxylation is 2. The fraction of sp³-hybridized carbons (Fsp3) is 0.263. The molecule has 0 radical (unpaired) electrons. The molecule has 0 aliphatic carbocycles. The Labute approximate surface area is 160 Å². The van der Waals surface area contributed by atoms with Crippen LogP contribution in [0.25, 0.3) is 0 Å². The highest BCUT2D eigenvalue weighted by atomic mass is 79.9.